The standard InChI is InChI=1S/C10H13N3O2S/c1-16(14,15)13-9-4-2-8(3-5-9)10-6-7-11-12-10/h2-6,11-13H,7H2,1H3. The molecule has 0 fully saturated rings. The van der Waals surface area contributed by atoms with Gasteiger partial charge in [0, 0.05) is 12.2 Å². The second-order valence-electron chi connectivity index (χ2n) is 3.58. The van der Waals surface area contributed by atoms with Crippen LogP contribution >= 0.6 is 0 Å². The molecule has 86 valence electrons. The van der Waals surface area contributed by atoms with Gasteiger partial charge in [0.2, 0.25) is 10.0 Å². The second-order valence-corrected chi connectivity index (χ2v) is 5.32. The molecule has 0 bridgehead atoms. The van der Waals surface area contributed by atoms with Crippen molar-refractivity contribution >= 4 is 21.4 Å². The molecular weight excluding hydrogens is 226 g/mol. The fraction of sp³-hybridized carbons (Fsp3) is 0.200. The van der Waals surface area contributed by atoms with Gasteiger partial charge < -0.3 is 5.43 Å². The smallest absolute Gasteiger partial charge is 0.229 e. The number of hydrogen-bond donors (Lipinski definition) is 3. The van der Waals surface area contributed by atoms with Crippen LogP contribution in [0.25, 0.3) is 5.70 Å². The van der Waals surface area contributed by atoms with Gasteiger partial charge in [-0.25, -0.2) is 13.8 Å². The van der Waals surface area contributed by atoms with Crippen LogP contribution in [-0.4, -0.2) is 21.2 Å². The van der Waals surface area contributed by atoms with E-state index < -0.39 is 10.0 Å². The van der Waals surface area contributed by atoms with Gasteiger partial charge in [0.1, 0.15) is 0 Å². The van der Waals surface area contributed by atoms with E-state index in [1.54, 1.807) is 12.1 Å². The molecule has 0 amide bonds. The highest BCUT2D eigenvalue weighted by Gasteiger charge is 2.06. The molecule has 0 atom stereocenters. The zero-order chi connectivity index (χ0) is 11.6. The number of anilines is 1. The first kappa shape index (κ1) is 11.0. The summed E-state index contributed by atoms with van der Waals surface area (Å²) in [7, 11) is -3.20. The van der Waals surface area contributed by atoms with Gasteiger partial charge >= 0.3 is 0 Å². The molecule has 2 rings (SSSR count). The van der Waals surface area contributed by atoms with Crippen LogP contribution in [0.15, 0.2) is 30.3 Å². The average Bonchev–Trinajstić information content (AvgIpc) is 2.69. The van der Waals surface area contributed by atoms with E-state index in [1.165, 1.54) is 0 Å². The molecule has 3 N–H and O–H groups in total. The molecule has 5 nitrogen and oxygen atoms in total. The summed E-state index contributed by atoms with van der Waals surface area (Å²) >= 11 is 0. The van der Waals surface area contributed by atoms with Crippen molar-refractivity contribution in [1.82, 2.24) is 10.9 Å². The van der Waals surface area contributed by atoms with Crippen molar-refractivity contribution in [2.45, 2.75) is 0 Å². The topological polar surface area (TPSA) is 70.2 Å². The lowest BCUT2D eigenvalue weighted by molar-refractivity contribution is 0.607. The Labute approximate surface area is 94.6 Å². The van der Waals surface area contributed by atoms with E-state index in [0.717, 1.165) is 24.1 Å². The van der Waals surface area contributed by atoms with Crippen LogP contribution in [0.2, 0.25) is 0 Å². The van der Waals surface area contributed by atoms with Crippen LogP contribution in [-0.2, 0) is 10.0 Å². The second kappa shape index (κ2) is 4.15. The average molecular weight is 239 g/mol. The molecule has 0 saturated carbocycles. The van der Waals surface area contributed by atoms with Crippen molar-refractivity contribution in [3.05, 3.63) is 35.9 Å². The van der Waals surface area contributed by atoms with Crippen LogP contribution in [0.4, 0.5) is 5.69 Å². The summed E-state index contributed by atoms with van der Waals surface area (Å²) in [6, 6.07) is 7.19. The number of hydrazine groups is 1. The molecule has 0 saturated heterocycles. The molecule has 0 spiro atoms. The summed E-state index contributed by atoms with van der Waals surface area (Å²) in [4.78, 5) is 0. The van der Waals surface area contributed by atoms with Crippen molar-refractivity contribution in [2.75, 3.05) is 17.5 Å². The maximum atomic E-state index is 11.0. The molecular formula is C10H13N3O2S. The first-order chi connectivity index (χ1) is 7.54. The Bertz CT molecular complexity index is 505. The molecule has 1 aromatic carbocycles. The van der Waals surface area contributed by atoms with Crippen molar-refractivity contribution in [3.63, 3.8) is 0 Å². The molecule has 1 aliphatic rings. The Kier molecular flexibility index (Phi) is 2.84. The van der Waals surface area contributed by atoms with Gasteiger partial charge in [-0.3, -0.25) is 4.72 Å². The van der Waals surface area contributed by atoms with Crippen LogP contribution in [0.5, 0.6) is 0 Å². The van der Waals surface area contributed by atoms with Gasteiger partial charge in [0.05, 0.1) is 12.0 Å². The number of nitrogens with one attached hydrogen (secondary N) is 3. The lowest BCUT2D eigenvalue weighted by atomic mass is 10.1. The first-order valence-electron chi connectivity index (χ1n) is 4.82. The largest absolute Gasteiger partial charge is 0.321 e. The molecule has 16 heavy (non-hydrogen) atoms. The molecule has 0 aromatic heterocycles. The number of hydrogen-bond acceptors (Lipinski definition) is 4. The molecule has 0 unspecified atom stereocenters. The molecule has 1 aromatic rings. The normalized spacial score (nSPS) is 15.4. The molecule has 1 aliphatic heterocycles. The van der Waals surface area contributed by atoms with E-state index in [1.807, 2.05) is 18.2 Å². The minimum Gasteiger partial charge on any atom is -0.321 e. The Morgan fingerprint density at radius 3 is 2.44 bits per heavy atom. The van der Waals surface area contributed by atoms with Crippen molar-refractivity contribution < 1.29 is 8.42 Å². The molecule has 1 heterocycles. The monoisotopic (exact) mass is 239 g/mol. The SMILES string of the molecule is CS(=O)(=O)Nc1ccc(C2=CCNN2)cc1. The van der Waals surface area contributed by atoms with Gasteiger partial charge in [-0.1, -0.05) is 12.1 Å². The van der Waals surface area contributed by atoms with Crippen LogP contribution in [0.1, 0.15) is 5.56 Å². The van der Waals surface area contributed by atoms with Gasteiger partial charge in [0.15, 0.2) is 0 Å². The summed E-state index contributed by atoms with van der Waals surface area (Å²) < 4.78 is 24.4. The third-order valence-corrected chi connectivity index (χ3v) is 2.74. The number of sulfonamides is 1. The summed E-state index contributed by atoms with van der Waals surface area (Å²) in [6.45, 7) is 0.790. The van der Waals surface area contributed by atoms with Gasteiger partial charge in [-0.15, -0.1) is 0 Å². The van der Waals surface area contributed by atoms with Crippen LogP contribution in [0.3, 0.4) is 0 Å². The summed E-state index contributed by atoms with van der Waals surface area (Å²) in [5.74, 6) is 0. The third kappa shape index (κ3) is 2.74. The fourth-order valence-electron chi connectivity index (χ4n) is 1.47. The summed E-state index contributed by atoms with van der Waals surface area (Å²) in [5, 5.41) is 0. The van der Waals surface area contributed by atoms with Gasteiger partial charge in [-0.2, -0.15) is 0 Å². The highest BCUT2D eigenvalue weighted by atomic mass is 32.2. The van der Waals surface area contributed by atoms with Crippen molar-refractivity contribution in [3.8, 4) is 0 Å². The van der Waals surface area contributed by atoms with E-state index in [0.29, 0.717) is 5.69 Å². The Hall–Kier alpha value is -1.53. The summed E-state index contributed by atoms with van der Waals surface area (Å²) in [6.07, 6.45) is 3.16. The Morgan fingerprint density at radius 1 is 1.25 bits per heavy atom. The fourth-order valence-corrected chi connectivity index (χ4v) is 2.04. The van der Waals surface area contributed by atoms with E-state index >= 15 is 0 Å². The van der Waals surface area contributed by atoms with Gasteiger partial charge in [0.25, 0.3) is 0 Å². The van der Waals surface area contributed by atoms with E-state index in [9.17, 15) is 8.42 Å². The molecule has 0 aliphatic carbocycles. The highest BCUT2D eigenvalue weighted by molar-refractivity contribution is 7.92. The predicted octanol–water partition coefficient (Wildman–Crippen LogP) is 0.507. The van der Waals surface area contributed by atoms with Crippen LogP contribution in [0, 0.1) is 0 Å². The van der Waals surface area contributed by atoms with Crippen LogP contribution < -0.4 is 15.6 Å². The third-order valence-electron chi connectivity index (χ3n) is 2.13. The predicted molar refractivity (Wildman–Crippen MR) is 64.0 cm³/mol. The van der Waals surface area contributed by atoms with Gasteiger partial charge in [-0.05, 0) is 23.8 Å². The van der Waals surface area contributed by atoms with E-state index in [4.69, 9.17) is 0 Å². The number of rotatable bonds is 3. The van der Waals surface area contributed by atoms with E-state index in [-0.39, 0.29) is 0 Å². The minimum atomic E-state index is -3.20. The van der Waals surface area contributed by atoms with Crippen molar-refractivity contribution in [1.29, 1.82) is 0 Å². The lowest BCUT2D eigenvalue weighted by Gasteiger charge is -2.07. The lowest BCUT2D eigenvalue weighted by Crippen LogP contribution is -2.22. The maximum Gasteiger partial charge on any atom is 0.229 e. The first-order valence-corrected chi connectivity index (χ1v) is 6.71. The quantitative estimate of drug-likeness (QED) is 0.718. The number of benzene rings is 1. The zero-order valence-electron chi connectivity index (χ0n) is 8.82. The zero-order valence-corrected chi connectivity index (χ0v) is 9.64. The maximum absolute atomic E-state index is 11.0. The minimum absolute atomic E-state index is 0.567. The van der Waals surface area contributed by atoms with E-state index in [2.05, 4.69) is 15.6 Å². The molecule has 6 heteroatoms. The Morgan fingerprint density at radius 2 is 1.94 bits per heavy atom. The summed E-state index contributed by atoms with van der Waals surface area (Å²) in [5.41, 5.74) is 8.57. The highest BCUT2D eigenvalue weighted by Crippen LogP contribution is 2.16. The Balaban J connectivity index is 2.16. The molecule has 0 radical (unpaired) electrons. The van der Waals surface area contributed by atoms with Crippen molar-refractivity contribution in [2.24, 2.45) is 0 Å².